The zero-order valence-electron chi connectivity index (χ0n) is 15.0. The lowest BCUT2D eigenvalue weighted by molar-refractivity contribution is 0.0264. The van der Waals surface area contributed by atoms with Gasteiger partial charge >= 0.3 is 0 Å². The van der Waals surface area contributed by atoms with Crippen LogP contribution in [0.1, 0.15) is 91.9 Å². The quantitative estimate of drug-likeness (QED) is 0.552. The lowest BCUT2D eigenvalue weighted by atomic mass is 9.88. The van der Waals surface area contributed by atoms with Gasteiger partial charge in [-0.2, -0.15) is 0 Å². The molecule has 1 rings (SSSR count). The second kappa shape index (κ2) is 11.5. The van der Waals surface area contributed by atoms with Crippen LogP contribution in [0.2, 0.25) is 0 Å². The highest BCUT2D eigenvalue weighted by Gasteiger charge is 2.26. The van der Waals surface area contributed by atoms with Crippen molar-refractivity contribution in [3.05, 3.63) is 0 Å². The fourth-order valence-corrected chi connectivity index (χ4v) is 3.90. The number of nitrogens with one attached hydrogen (secondary N) is 1. The predicted octanol–water partition coefficient (Wildman–Crippen LogP) is 5.31. The number of hydrogen-bond acceptors (Lipinski definition) is 2. The van der Waals surface area contributed by atoms with E-state index in [-0.39, 0.29) is 0 Å². The minimum Gasteiger partial charge on any atom is -0.377 e. The van der Waals surface area contributed by atoms with Crippen molar-refractivity contribution in [3.8, 4) is 0 Å². The van der Waals surface area contributed by atoms with Crippen LogP contribution in [0.5, 0.6) is 0 Å². The summed E-state index contributed by atoms with van der Waals surface area (Å²) in [7, 11) is 0. The van der Waals surface area contributed by atoms with E-state index in [4.69, 9.17) is 4.74 Å². The Morgan fingerprint density at radius 2 is 1.57 bits per heavy atom. The summed E-state index contributed by atoms with van der Waals surface area (Å²) in [5, 5.41) is 3.96. The maximum absolute atomic E-state index is 5.97. The SMILES string of the molecule is CCCC(NC(C)C(CCC)OCC)C1CCCCCC1. The van der Waals surface area contributed by atoms with Gasteiger partial charge in [0.1, 0.15) is 0 Å². The Kier molecular flexibility index (Phi) is 10.4. The molecule has 0 amide bonds. The second-order valence-electron chi connectivity index (χ2n) is 6.88. The number of rotatable bonds is 10. The molecule has 0 heterocycles. The van der Waals surface area contributed by atoms with E-state index >= 15 is 0 Å². The van der Waals surface area contributed by atoms with E-state index < -0.39 is 0 Å². The van der Waals surface area contributed by atoms with E-state index in [1.54, 1.807) is 0 Å². The average Bonchev–Trinajstić information content (AvgIpc) is 2.75. The average molecular weight is 298 g/mol. The molecule has 1 fully saturated rings. The second-order valence-corrected chi connectivity index (χ2v) is 6.88. The van der Waals surface area contributed by atoms with Crippen molar-refractivity contribution in [2.24, 2.45) is 5.92 Å². The highest BCUT2D eigenvalue weighted by atomic mass is 16.5. The van der Waals surface area contributed by atoms with E-state index in [9.17, 15) is 0 Å². The summed E-state index contributed by atoms with van der Waals surface area (Å²) in [6.45, 7) is 9.85. The molecule has 21 heavy (non-hydrogen) atoms. The van der Waals surface area contributed by atoms with Crippen molar-refractivity contribution in [1.29, 1.82) is 0 Å². The molecular formula is C19H39NO. The molecule has 0 radical (unpaired) electrons. The zero-order valence-corrected chi connectivity index (χ0v) is 15.0. The highest BCUT2D eigenvalue weighted by molar-refractivity contribution is 4.83. The minimum atomic E-state index is 0.380. The number of hydrogen-bond donors (Lipinski definition) is 1. The van der Waals surface area contributed by atoms with Crippen molar-refractivity contribution in [2.45, 2.75) is 110 Å². The summed E-state index contributed by atoms with van der Waals surface area (Å²) < 4.78 is 5.97. The van der Waals surface area contributed by atoms with Gasteiger partial charge in [-0.1, -0.05) is 52.4 Å². The van der Waals surface area contributed by atoms with Crippen LogP contribution in [0.3, 0.4) is 0 Å². The lowest BCUT2D eigenvalue weighted by Gasteiger charge is -2.33. The van der Waals surface area contributed by atoms with Crippen LogP contribution >= 0.6 is 0 Å². The Morgan fingerprint density at radius 3 is 2.10 bits per heavy atom. The van der Waals surface area contributed by atoms with Gasteiger partial charge < -0.3 is 10.1 Å². The molecule has 0 saturated heterocycles. The van der Waals surface area contributed by atoms with Crippen LogP contribution < -0.4 is 5.32 Å². The Labute approximate surface area is 133 Å². The summed E-state index contributed by atoms with van der Waals surface area (Å²) in [5.41, 5.74) is 0. The summed E-state index contributed by atoms with van der Waals surface area (Å²) in [5.74, 6) is 0.888. The van der Waals surface area contributed by atoms with Crippen LogP contribution in [0, 0.1) is 5.92 Å². The fraction of sp³-hybridized carbons (Fsp3) is 1.00. The standard InChI is InChI=1S/C19H39NO/c1-5-12-18(17-14-10-8-9-11-15-17)20-16(4)19(13-6-2)21-7-3/h16-20H,5-15H2,1-4H3. The van der Waals surface area contributed by atoms with Gasteiger partial charge in [-0.15, -0.1) is 0 Å². The van der Waals surface area contributed by atoms with Crippen molar-refractivity contribution in [2.75, 3.05) is 6.61 Å². The van der Waals surface area contributed by atoms with E-state index in [1.807, 2.05) is 0 Å². The Bertz CT molecular complexity index is 230. The zero-order chi connectivity index (χ0) is 15.5. The van der Waals surface area contributed by atoms with Gasteiger partial charge in [0.05, 0.1) is 6.10 Å². The maximum Gasteiger partial charge on any atom is 0.0725 e. The Hall–Kier alpha value is -0.0800. The van der Waals surface area contributed by atoms with Gasteiger partial charge in [0.15, 0.2) is 0 Å². The van der Waals surface area contributed by atoms with E-state index in [2.05, 4.69) is 33.0 Å². The molecule has 0 aromatic heterocycles. The van der Waals surface area contributed by atoms with Gasteiger partial charge in [0.2, 0.25) is 0 Å². The molecule has 0 aliphatic heterocycles. The van der Waals surface area contributed by atoms with Crippen molar-refractivity contribution < 1.29 is 4.74 Å². The van der Waals surface area contributed by atoms with Crippen LogP contribution in [-0.4, -0.2) is 24.8 Å². The minimum absolute atomic E-state index is 0.380. The summed E-state index contributed by atoms with van der Waals surface area (Å²) >= 11 is 0. The third kappa shape index (κ3) is 7.15. The molecule has 0 bridgehead atoms. The van der Waals surface area contributed by atoms with Crippen LogP contribution in [-0.2, 0) is 4.74 Å². The molecule has 0 aromatic rings. The van der Waals surface area contributed by atoms with Gasteiger partial charge in [-0.3, -0.25) is 0 Å². The molecule has 2 heteroatoms. The summed E-state index contributed by atoms with van der Waals surface area (Å²) in [6, 6.07) is 1.17. The number of ether oxygens (including phenoxy) is 1. The molecule has 1 aliphatic carbocycles. The topological polar surface area (TPSA) is 21.3 Å². The first-order chi connectivity index (χ1) is 10.2. The van der Waals surface area contributed by atoms with Crippen LogP contribution in [0.15, 0.2) is 0 Å². The Morgan fingerprint density at radius 1 is 0.952 bits per heavy atom. The molecule has 0 spiro atoms. The first-order valence-corrected chi connectivity index (χ1v) is 9.60. The largest absolute Gasteiger partial charge is 0.377 e. The maximum atomic E-state index is 5.97. The van der Waals surface area contributed by atoms with Crippen molar-refractivity contribution in [3.63, 3.8) is 0 Å². The molecular weight excluding hydrogens is 258 g/mol. The fourth-order valence-electron chi connectivity index (χ4n) is 3.90. The smallest absolute Gasteiger partial charge is 0.0725 e. The molecule has 3 unspecified atom stereocenters. The van der Waals surface area contributed by atoms with E-state index in [0.29, 0.717) is 18.2 Å². The highest BCUT2D eigenvalue weighted by Crippen LogP contribution is 2.28. The molecule has 3 atom stereocenters. The van der Waals surface area contributed by atoms with E-state index in [1.165, 1.54) is 64.2 Å². The van der Waals surface area contributed by atoms with Crippen LogP contribution in [0.4, 0.5) is 0 Å². The molecule has 1 aliphatic rings. The first kappa shape index (κ1) is 19.0. The normalized spacial score (nSPS) is 21.7. The molecule has 1 N–H and O–H groups in total. The van der Waals surface area contributed by atoms with Gasteiger partial charge in [-0.25, -0.2) is 0 Å². The van der Waals surface area contributed by atoms with Gasteiger partial charge in [0.25, 0.3) is 0 Å². The lowest BCUT2D eigenvalue weighted by Crippen LogP contribution is -2.47. The van der Waals surface area contributed by atoms with Crippen molar-refractivity contribution in [1.82, 2.24) is 5.32 Å². The predicted molar refractivity (Wildman–Crippen MR) is 92.8 cm³/mol. The molecule has 0 aromatic carbocycles. The van der Waals surface area contributed by atoms with Crippen molar-refractivity contribution >= 4 is 0 Å². The van der Waals surface area contributed by atoms with Gasteiger partial charge in [-0.05, 0) is 45.4 Å². The monoisotopic (exact) mass is 297 g/mol. The van der Waals surface area contributed by atoms with E-state index in [0.717, 1.165) is 12.5 Å². The molecule has 126 valence electrons. The third-order valence-electron chi connectivity index (χ3n) is 5.06. The molecule has 2 nitrogen and oxygen atoms in total. The first-order valence-electron chi connectivity index (χ1n) is 9.60. The molecule has 1 saturated carbocycles. The Balaban J connectivity index is 2.57. The summed E-state index contributed by atoms with van der Waals surface area (Å²) in [6.07, 6.45) is 14.0. The summed E-state index contributed by atoms with van der Waals surface area (Å²) in [4.78, 5) is 0. The third-order valence-corrected chi connectivity index (χ3v) is 5.06. The van der Waals surface area contributed by atoms with Crippen LogP contribution in [0.25, 0.3) is 0 Å². The van der Waals surface area contributed by atoms with Gasteiger partial charge in [0, 0.05) is 18.7 Å².